The number of morpholine rings is 1. The number of piperidine rings is 1. The second kappa shape index (κ2) is 11.8. The lowest BCUT2D eigenvalue weighted by atomic mass is 10.1. The molecule has 0 bridgehead atoms. The van der Waals surface area contributed by atoms with E-state index >= 15 is 0 Å². The Morgan fingerprint density at radius 2 is 1.59 bits per heavy atom. The summed E-state index contributed by atoms with van der Waals surface area (Å²) in [7, 11) is -3.52. The molecule has 2 saturated heterocycles. The van der Waals surface area contributed by atoms with Crippen LogP contribution in [-0.4, -0.2) is 76.1 Å². The zero-order valence-corrected chi connectivity index (χ0v) is 20.3. The van der Waals surface area contributed by atoms with Gasteiger partial charge in [-0.2, -0.15) is 4.31 Å². The van der Waals surface area contributed by atoms with E-state index < -0.39 is 10.0 Å². The lowest BCUT2D eigenvalue weighted by Gasteiger charge is -2.26. The van der Waals surface area contributed by atoms with Crippen molar-refractivity contribution in [2.24, 2.45) is 0 Å². The highest BCUT2D eigenvalue weighted by atomic mass is 32.2. The van der Waals surface area contributed by atoms with Crippen molar-refractivity contribution in [1.29, 1.82) is 0 Å². The summed E-state index contributed by atoms with van der Waals surface area (Å²) in [6.45, 7) is 5.41. The molecule has 2 aromatic rings. The van der Waals surface area contributed by atoms with E-state index in [1.807, 2.05) is 24.3 Å². The molecule has 2 aliphatic heterocycles. The molecule has 184 valence electrons. The molecule has 2 aliphatic rings. The lowest BCUT2D eigenvalue weighted by molar-refractivity contribution is 0.0730. The SMILES string of the molecule is O=C(NCCOc1ccc(S(=O)(=O)N2CCOCC2)cc1)c1ccc(CN2CCCCC2)cc1. The third-order valence-corrected chi connectivity index (χ3v) is 8.07. The van der Waals surface area contributed by atoms with Gasteiger partial charge in [0, 0.05) is 25.2 Å². The number of likely N-dealkylation sites (tertiary alicyclic amines) is 1. The Morgan fingerprint density at radius 3 is 2.26 bits per heavy atom. The number of carbonyl (C=O) groups excluding carboxylic acids is 1. The van der Waals surface area contributed by atoms with Gasteiger partial charge >= 0.3 is 0 Å². The second-order valence-electron chi connectivity index (χ2n) is 8.63. The molecule has 0 saturated carbocycles. The number of nitrogens with zero attached hydrogens (tertiary/aromatic N) is 2. The van der Waals surface area contributed by atoms with Gasteiger partial charge in [0.05, 0.1) is 24.7 Å². The molecule has 34 heavy (non-hydrogen) atoms. The average molecular weight is 488 g/mol. The number of carbonyl (C=O) groups is 1. The predicted molar refractivity (Wildman–Crippen MR) is 129 cm³/mol. The monoisotopic (exact) mass is 487 g/mol. The highest BCUT2D eigenvalue weighted by Crippen LogP contribution is 2.20. The van der Waals surface area contributed by atoms with E-state index in [1.165, 1.54) is 29.1 Å². The van der Waals surface area contributed by atoms with E-state index in [2.05, 4.69) is 10.2 Å². The fraction of sp³-hybridized carbons (Fsp3) is 0.480. The van der Waals surface area contributed by atoms with E-state index in [0.29, 0.717) is 44.2 Å². The van der Waals surface area contributed by atoms with Crippen LogP contribution in [0.25, 0.3) is 0 Å². The molecule has 0 aromatic heterocycles. The first-order valence-corrected chi connectivity index (χ1v) is 13.4. The first kappa shape index (κ1) is 24.7. The molecular formula is C25H33N3O5S. The van der Waals surface area contributed by atoms with Crippen molar-refractivity contribution in [2.75, 3.05) is 52.5 Å². The minimum Gasteiger partial charge on any atom is -0.492 e. The van der Waals surface area contributed by atoms with Crippen LogP contribution < -0.4 is 10.1 Å². The fourth-order valence-corrected chi connectivity index (χ4v) is 5.62. The van der Waals surface area contributed by atoms with E-state index in [0.717, 1.165) is 19.6 Å². The normalized spacial score (nSPS) is 17.9. The average Bonchev–Trinajstić information content (AvgIpc) is 2.88. The van der Waals surface area contributed by atoms with Gasteiger partial charge in [0.25, 0.3) is 5.91 Å². The maximum Gasteiger partial charge on any atom is 0.251 e. The van der Waals surface area contributed by atoms with Gasteiger partial charge < -0.3 is 14.8 Å². The smallest absolute Gasteiger partial charge is 0.251 e. The molecule has 0 radical (unpaired) electrons. The molecule has 0 aliphatic carbocycles. The van der Waals surface area contributed by atoms with Crippen LogP contribution in [0.5, 0.6) is 5.75 Å². The fourth-order valence-electron chi connectivity index (χ4n) is 4.22. The van der Waals surface area contributed by atoms with Crippen molar-refractivity contribution < 1.29 is 22.7 Å². The Morgan fingerprint density at radius 1 is 0.912 bits per heavy atom. The van der Waals surface area contributed by atoms with Crippen molar-refractivity contribution in [3.8, 4) is 5.75 Å². The van der Waals surface area contributed by atoms with Gasteiger partial charge in [0.1, 0.15) is 12.4 Å². The molecule has 9 heteroatoms. The van der Waals surface area contributed by atoms with Crippen molar-refractivity contribution in [1.82, 2.24) is 14.5 Å². The Bertz CT molecular complexity index is 1030. The Kier molecular flexibility index (Phi) is 8.55. The van der Waals surface area contributed by atoms with Gasteiger partial charge in [-0.3, -0.25) is 9.69 Å². The summed E-state index contributed by atoms with van der Waals surface area (Å²) >= 11 is 0. The summed E-state index contributed by atoms with van der Waals surface area (Å²) < 4.78 is 37.7. The number of nitrogens with one attached hydrogen (secondary N) is 1. The van der Waals surface area contributed by atoms with E-state index in [-0.39, 0.29) is 17.4 Å². The topological polar surface area (TPSA) is 88.2 Å². The molecule has 1 N–H and O–H groups in total. The van der Waals surface area contributed by atoms with E-state index in [1.54, 1.807) is 24.3 Å². The van der Waals surface area contributed by atoms with Gasteiger partial charge in [-0.15, -0.1) is 0 Å². The second-order valence-corrected chi connectivity index (χ2v) is 10.6. The number of ether oxygens (including phenoxy) is 2. The van der Waals surface area contributed by atoms with Crippen LogP contribution in [0.3, 0.4) is 0 Å². The molecule has 0 atom stereocenters. The standard InChI is InChI=1S/C25H33N3O5S/c29-25(22-6-4-21(5-7-22)20-27-13-2-1-3-14-27)26-12-17-33-23-8-10-24(11-9-23)34(30,31)28-15-18-32-19-16-28/h4-11H,1-3,12-20H2,(H,26,29). The van der Waals surface area contributed by atoms with Crippen LogP contribution in [0, 0.1) is 0 Å². The molecule has 2 heterocycles. The van der Waals surface area contributed by atoms with Crippen LogP contribution in [0.4, 0.5) is 0 Å². The molecule has 2 fully saturated rings. The van der Waals surface area contributed by atoms with Crippen molar-refractivity contribution in [3.05, 3.63) is 59.7 Å². The van der Waals surface area contributed by atoms with Gasteiger partial charge in [0.15, 0.2) is 0 Å². The van der Waals surface area contributed by atoms with Gasteiger partial charge in [-0.25, -0.2) is 8.42 Å². The number of hydrogen-bond donors (Lipinski definition) is 1. The molecular weight excluding hydrogens is 454 g/mol. The third-order valence-electron chi connectivity index (χ3n) is 6.16. The quantitative estimate of drug-likeness (QED) is 0.547. The summed E-state index contributed by atoms with van der Waals surface area (Å²) in [4.78, 5) is 15.1. The first-order chi connectivity index (χ1) is 16.5. The van der Waals surface area contributed by atoms with Crippen LogP contribution in [0.2, 0.25) is 0 Å². The Labute approximate surface area is 201 Å². The van der Waals surface area contributed by atoms with E-state index in [9.17, 15) is 13.2 Å². The maximum atomic E-state index is 12.7. The third kappa shape index (κ3) is 6.56. The molecule has 8 nitrogen and oxygen atoms in total. The summed E-state index contributed by atoms with van der Waals surface area (Å²) in [5.41, 5.74) is 1.85. The zero-order valence-electron chi connectivity index (χ0n) is 19.4. The highest BCUT2D eigenvalue weighted by Gasteiger charge is 2.26. The minimum atomic E-state index is -3.52. The number of rotatable bonds is 9. The Hall–Kier alpha value is -2.46. The molecule has 2 aromatic carbocycles. The van der Waals surface area contributed by atoms with Gasteiger partial charge in [-0.05, 0) is 67.9 Å². The summed E-state index contributed by atoms with van der Waals surface area (Å²) in [6, 6.07) is 14.1. The van der Waals surface area contributed by atoms with Gasteiger partial charge in [0.2, 0.25) is 10.0 Å². The molecule has 0 unspecified atom stereocenters. The van der Waals surface area contributed by atoms with Crippen molar-refractivity contribution >= 4 is 15.9 Å². The minimum absolute atomic E-state index is 0.139. The highest BCUT2D eigenvalue weighted by molar-refractivity contribution is 7.89. The van der Waals surface area contributed by atoms with Crippen LogP contribution in [0.15, 0.2) is 53.4 Å². The largest absolute Gasteiger partial charge is 0.492 e. The predicted octanol–water partition coefficient (Wildman–Crippen LogP) is 2.50. The molecule has 1 amide bonds. The number of hydrogen-bond acceptors (Lipinski definition) is 6. The maximum absolute atomic E-state index is 12.7. The summed E-state index contributed by atoms with van der Waals surface area (Å²) in [6.07, 6.45) is 3.85. The van der Waals surface area contributed by atoms with Crippen molar-refractivity contribution in [2.45, 2.75) is 30.7 Å². The number of benzene rings is 2. The zero-order chi connectivity index (χ0) is 23.8. The molecule has 4 rings (SSSR count). The molecule has 0 spiro atoms. The van der Waals surface area contributed by atoms with Crippen LogP contribution in [-0.2, 0) is 21.3 Å². The van der Waals surface area contributed by atoms with Crippen LogP contribution >= 0.6 is 0 Å². The number of amides is 1. The van der Waals surface area contributed by atoms with Gasteiger partial charge in [-0.1, -0.05) is 18.6 Å². The van der Waals surface area contributed by atoms with E-state index in [4.69, 9.17) is 9.47 Å². The van der Waals surface area contributed by atoms with Crippen molar-refractivity contribution in [3.63, 3.8) is 0 Å². The lowest BCUT2D eigenvalue weighted by Crippen LogP contribution is -2.40. The number of sulfonamides is 1. The summed E-state index contributed by atoms with van der Waals surface area (Å²) in [5.74, 6) is 0.414. The Balaban J connectivity index is 1.20. The summed E-state index contributed by atoms with van der Waals surface area (Å²) in [5, 5.41) is 2.86. The van der Waals surface area contributed by atoms with Crippen LogP contribution in [0.1, 0.15) is 35.2 Å². The first-order valence-electron chi connectivity index (χ1n) is 11.9.